The van der Waals surface area contributed by atoms with Crippen LogP contribution in [0.1, 0.15) is 22.9 Å². The van der Waals surface area contributed by atoms with Crippen molar-refractivity contribution in [2.45, 2.75) is 12.2 Å². The first-order chi connectivity index (χ1) is 9.47. The van der Waals surface area contributed by atoms with Gasteiger partial charge in [0.15, 0.2) is 0 Å². The molecule has 1 aromatic carbocycles. The maximum atomic E-state index is 13.0. The number of nitrogens with one attached hydrogen (secondary N) is 3. The van der Waals surface area contributed by atoms with Gasteiger partial charge in [0.1, 0.15) is 0 Å². The normalized spacial score (nSPS) is 18.1. The zero-order valence-electron chi connectivity index (χ0n) is 9.95. The van der Waals surface area contributed by atoms with Crippen molar-refractivity contribution < 1.29 is 18.0 Å². The Labute approximate surface area is 111 Å². The molecule has 1 aliphatic heterocycles. The largest absolute Gasteiger partial charge is 0.418 e. The smallest absolute Gasteiger partial charge is 0.325 e. The number of carbonyl (C=O) groups excluding carboxylic acids is 1. The Hall–Kier alpha value is -2.51. The Bertz CT molecular complexity index is 651. The lowest BCUT2D eigenvalue weighted by Gasteiger charge is -2.28. The quantitative estimate of drug-likeness (QED) is 0.752. The van der Waals surface area contributed by atoms with Crippen LogP contribution < -0.4 is 10.6 Å². The number of hydrogen-bond donors (Lipinski definition) is 3. The maximum Gasteiger partial charge on any atom is 0.418 e. The molecular weight excluding hydrogens is 273 g/mol. The van der Waals surface area contributed by atoms with Crippen LogP contribution in [-0.4, -0.2) is 16.2 Å². The summed E-state index contributed by atoms with van der Waals surface area (Å²) in [5, 5.41) is 11.2. The number of amides is 2. The molecule has 104 valence electrons. The number of para-hydroxylation sites is 1. The van der Waals surface area contributed by atoms with E-state index in [1.54, 1.807) is 6.07 Å². The Morgan fingerprint density at radius 2 is 2.00 bits per heavy atom. The second-order valence-electron chi connectivity index (χ2n) is 4.31. The number of anilines is 1. The highest BCUT2D eigenvalue weighted by Crippen LogP contribution is 2.40. The van der Waals surface area contributed by atoms with Gasteiger partial charge in [0.05, 0.1) is 23.0 Å². The van der Waals surface area contributed by atoms with E-state index >= 15 is 0 Å². The zero-order valence-corrected chi connectivity index (χ0v) is 9.95. The summed E-state index contributed by atoms with van der Waals surface area (Å²) in [6.45, 7) is 0. The zero-order chi connectivity index (χ0) is 14.3. The highest BCUT2D eigenvalue weighted by molar-refractivity contribution is 5.94. The number of aromatic nitrogens is 2. The number of H-pyrrole nitrogens is 1. The van der Waals surface area contributed by atoms with Crippen molar-refractivity contribution in [3.8, 4) is 0 Å². The minimum absolute atomic E-state index is 0.219. The Morgan fingerprint density at radius 3 is 2.65 bits per heavy atom. The predicted molar refractivity (Wildman–Crippen MR) is 64.0 cm³/mol. The first kappa shape index (κ1) is 12.5. The SMILES string of the molecule is O=C1Nc2c(cccc2C(F)(F)F)C(c2ccn[nH]2)N1. The molecule has 0 fully saturated rings. The third-order valence-corrected chi connectivity index (χ3v) is 3.06. The molecule has 8 heteroatoms. The number of hydrogen-bond acceptors (Lipinski definition) is 2. The Morgan fingerprint density at radius 1 is 1.20 bits per heavy atom. The number of halogens is 3. The van der Waals surface area contributed by atoms with Crippen molar-refractivity contribution >= 4 is 11.7 Å². The molecule has 1 atom stereocenters. The van der Waals surface area contributed by atoms with E-state index in [1.165, 1.54) is 18.3 Å². The molecule has 2 aromatic rings. The van der Waals surface area contributed by atoms with Gasteiger partial charge in [0.2, 0.25) is 0 Å². The standard InChI is InChI=1S/C12H9F3N4O/c13-12(14,15)7-3-1-2-6-9(7)17-11(20)18-10(6)8-4-5-16-19-8/h1-5,10H,(H,16,19)(H2,17,18,20). The number of alkyl halides is 3. The van der Waals surface area contributed by atoms with Crippen molar-refractivity contribution in [1.82, 2.24) is 15.5 Å². The van der Waals surface area contributed by atoms with Crippen LogP contribution >= 0.6 is 0 Å². The molecule has 2 amide bonds. The molecule has 2 heterocycles. The van der Waals surface area contributed by atoms with E-state index in [-0.39, 0.29) is 5.69 Å². The van der Waals surface area contributed by atoms with Crippen molar-refractivity contribution in [3.63, 3.8) is 0 Å². The van der Waals surface area contributed by atoms with E-state index < -0.39 is 23.8 Å². The molecule has 3 N–H and O–H groups in total. The van der Waals surface area contributed by atoms with Crippen LogP contribution in [0, 0.1) is 0 Å². The van der Waals surface area contributed by atoms with Crippen LogP contribution in [0.5, 0.6) is 0 Å². The van der Waals surface area contributed by atoms with Crippen LogP contribution in [0.25, 0.3) is 0 Å². The molecular formula is C12H9F3N4O. The third-order valence-electron chi connectivity index (χ3n) is 3.06. The molecule has 1 unspecified atom stereocenters. The minimum Gasteiger partial charge on any atom is -0.325 e. The van der Waals surface area contributed by atoms with Gasteiger partial charge in [0, 0.05) is 11.8 Å². The van der Waals surface area contributed by atoms with Gasteiger partial charge in [-0.2, -0.15) is 18.3 Å². The van der Waals surface area contributed by atoms with E-state index in [0.717, 1.165) is 6.07 Å². The summed E-state index contributed by atoms with van der Waals surface area (Å²) in [5.74, 6) is 0. The van der Waals surface area contributed by atoms with E-state index in [4.69, 9.17) is 0 Å². The lowest BCUT2D eigenvalue weighted by atomic mass is 9.96. The number of rotatable bonds is 1. The molecule has 0 saturated heterocycles. The Kier molecular flexibility index (Phi) is 2.66. The fourth-order valence-corrected chi connectivity index (χ4v) is 2.22. The topological polar surface area (TPSA) is 69.8 Å². The average Bonchev–Trinajstić information content (AvgIpc) is 2.89. The maximum absolute atomic E-state index is 13.0. The summed E-state index contributed by atoms with van der Waals surface area (Å²) in [4.78, 5) is 11.6. The molecule has 0 radical (unpaired) electrons. The second kappa shape index (κ2) is 4.26. The molecule has 0 bridgehead atoms. The highest BCUT2D eigenvalue weighted by atomic mass is 19.4. The summed E-state index contributed by atoms with van der Waals surface area (Å²) in [7, 11) is 0. The fourth-order valence-electron chi connectivity index (χ4n) is 2.22. The van der Waals surface area contributed by atoms with Gasteiger partial charge in [-0.3, -0.25) is 5.10 Å². The second-order valence-corrected chi connectivity index (χ2v) is 4.31. The molecule has 0 spiro atoms. The molecule has 5 nitrogen and oxygen atoms in total. The van der Waals surface area contributed by atoms with Gasteiger partial charge in [0.25, 0.3) is 0 Å². The third kappa shape index (κ3) is 1.98. The van der Waals surface area contributed by atoms with Gasteiger partial charge in [-0.05, 0) is 12.1 Å². The van der Waals surface area contributed by atoms with Gasteiger partial charge in [-0.1, -0.05) is 12.1 Å². The number of nitrogens with zero attached hydrogens (tertiary/aromatic N) is 1. The summed E-state index contributed by atoms with van der Waals surface area (Å²) < 4.78 is 38.9. The molecule has 3 rings (SSSR count). The van der Waals surface area contributed by atoms with Crippen molar-refractivity contribution in [3.05, 3.63) is 47.3 Å². The fraction of sp³-hybridized carbons (Fsp3) is 0.167. The van der Waals surface area contributed by atoms with Crippen molar-refractivity contribution in [1.29, 1.82) is 0 Å². The van der Waals surface area contributed by atoms with E-state index in [9.17, 15) is 18.0 Å². The predicted octanol–water partition coefficient (Wildman–Crippen LogP) is 2.65. The van der Waals surface area contributed by atoms with E-state index in [0.29, 0.717) is 11.3 Å². The van der Waals surface area contributed by atoms with Crippen LogP contribution in [0.15, 0.2) is 30.5 Å². The number of urea groups is 1. The van der Waals surface area contributed by atoms with E-state index in [1.807, 2.05) is 0 Å². The summed E-state index contributed by atoms with van der Waals surface area (Å²) >= 11 is 0. The number of aromatic amines is 1. The van der Waals surface area contributed by atoms with Crippen molar-refractivity contribution in [2.75, 3.05) is 5.32 Å². The average molecular weight is 282 g/mol. The first-order valence-corrected chi connectivity index (χ1v) is 5.73. The number of fused-ring (bicyclic) bond motifs is 1. The first-order valence-electron chi connectivity index (χ1n) is 5.73. The molecule has 1 aromatic heterocycles. The molecule has 0 aliphatic carbocycles. The highest BCUT2D eigenvalue weighted by Gasteiger charge is 2.38. The lowest BCUT2D eigenvalue weighted by molar-refractivity contribution is -0.137. The summed E-state index contributed by atoms with van der Waals surface area (Å²) in [6, 6.07) is 4.00. The van der Waals surface area contributed by atoms with E-state index in [2.05, 4.69) is 20.8 Å². The van der Waals surface area contributed by atoms with Gasteiger partial charge in [-0.25, -0.2) is 4.79 Å². The molecule has 20 heavy (non-hydrogen) atoms. The number of benzene rings is 1. The van der Waals surface area contributed by atoms with Crippen molar-refractivity contribution in [2.24, 2.45) is 0 Å². The van der Waals surface area contributed by atoms with Crippen LogP contribution in [0.3, 0.4) is 0 Å². The Balaban J connectivity index is 2.17. The van der Waals surface area contributed by atoms with Crippen LogP contribution in [0.2, 0.25) is 0 Å². The molecule has 0 saturated carbocycles. The van der Waals surface area contributed by atoms with Gasteiger partial charge >= 0.3 is 12.2 Å². The monoisotopic (exact) mass is 282 g/mol. The van der Waals surface area contributed by atoms with Gasteiger partial charge < -0.3 is 10.6 Å². The minimum atomic E-state index is -4.53. The molecule has 1 aliphatic rings. The summed E-state index contributed by atoms with van der Waals surface area (Å²) in [6.07, 6.45) is -3.06. The lowest BCUT2D eigenvalue weighted by Crippen LogP contribution is -2.39. The van der Waals surface area contributed by atoms with Gasteiger partial charge in [-0.15, -0.1) is 0 Å². The number of carbonyl (C=O) groups is 1. The van der Waals surface area contributed by atoms with Crippen LogP contribution in [0.4, 0.5) is 23.7 Å². The summed E-state index contributed by atoms with van der Waals surface area (Å²) in [5.41, 5.74) is -0.234. The van der Waals surface area contributed by atoms with Crippen LogP contribution in [-0.2, 0) is 6.18 Å².